The molecule has 1 aromatic carbocycles. The number of rotatable bonds is 5. The van der Waals surface area contributed by atoms with Crippen LogP contribution in [0.2, 0.25) is 0 Å². The summed E-state index contributed by atoms with van der Waals surface area (Å²) in [5.74, 6) is 0.124. The molecule has 1 aromatic heterocycles. The molecular weight excluding hydrogens is 307 g/mol. The van der Waals surface area contributed by atoms with Crippen molar-refractivity contribution in [3.8, 4) is 0 Å². The van der Waals surface area contributed by atoms with Crippen LogP contribution in [0.5, 0.6) is 0 Å². The van der Waals surface area contributed by atoms with Gasteiger partial charge in [-0.2, -0.15) is 13.2 Å². The highest BCUT2D eigenvalue weighted by atomic mass is 19.4. The summed E-state index contributed by atoms with van der Waals surface area (Å²) in [6, 6.07) is 8.35. The van der Waals surface area contributed by atoms with Gasteiger partial charge in [-0.15, -0.1) is 0 Å². The molecule has 2 rings (SSSR count). The summed E-state index contributed by atoms with van der Waals surface area (Å²) in [7, 11) is 1.65. The molecule has 1 amide bonds. The van der Waals surface area contributed by atoms with Gasteiger partial charge in [-0.25, -0.2) is 4.98 Å². The quantitative estimate of drug-likeness (QED) is 0.889. The minimum atomic E-state index is -4.36. The number of aromatic nitrogens is 1. The second-order valence-corrected chi connectivity index (χ2v) is 4.85. The number of hydrogen-bond acceptors (Lipinski definition) is 3. The normalized spacial score (nSPS) is 11.1. The van der Waals surface area contributed by atoms with Gasteiger partial charge < -0.3 is 10.6 Å². The molecule has 2 N–H and O–H groups in total. The zero-order valence-electron chi connectivity index (χ0n) is 12.4. The molecule has 122 valence electrons. The molecule has 0 spiro atoms. The third-order valence-corrected chi connectivity index (χ3v) is 3.24. The van der Waals surface area contributed by atoms with Gasteiger partial charge in [0.15, 0.2) is 0 Å². The van der Waals surface area contributed by atoms with Crippen molar-refractivity contribution in [3.05, 3.63) is 59.3 Å². The number of nitrogens with one attached hydrogen (secondary N) is 2. The lowest BCUT2D eigenvalue weighted by molar-refractivity contribution is -0.137. The van der Waals surface area contributed by atoms with Gasteiger partial charge in [0.05, 0.1) is 11.1 Å². The first-order chi connectivity index (χ1) is 10.9. The number of hydrogen-bond donors (Lipinski definition) is 2. The Morgan fingerprint density at radius 1 is 1.22 bits per heavy atom. The van der Waals surface area contributed by atoms with Crippen LogP contribution in [-0.4, -0.2) is 24.5 Å². The molecule has 0 aliphatic carbocycles. The highest BCUT2D eigenvalue weighted by molar-refractivity contribution is 5.98. The highest BCUT2D eigenvalue weighted by Crippen LogP contribution is 2.29. The average Bonchev–Trinajstić information content (AvgIpc) is 2.54. The molecule has 1 heterocycles. The third-order valence-electron chi connectivity index (χ3n) is 3.24. The molecule has 0 bridgehead atoms. The van der Waals surface area contributed by atoms with Crippen LogP contribution in [0, 0.1) is 0 Å². The first kappa shape index (κ1) is 16.8. The minimum absolute atomic E-state index is 0.234. The second-order valence-electron chi connectivity index (χ2n) is 4.85. The van der Waals surface area contributed by atoms with Gasteiger partial charge in [-0.3, -0.25) is 4.79 Å². The molecule has 0 atom stereocenters. The molecule has 0 radical (unpaired) electrons. The van der Waals surface area contributed by atoms with Crippen LogP contribution in [0.15, 0.2) is 42.6 Å². The molecule has 0 unspecified atom stereocenters. The Bertz CT molecular complexity index is 686. The predicted octanol–water partition coefficient (Wildman–Crippen LogP) is 3.11. The van der Waals surface area contributed by atoms with E-state index in [-0.39, 0.29) is 12.5 Å². The van der Waals surface area contributed by atoms with Crippen molar-refractivity contribution < 1.29 is 18.0 Å². The van der Waals surface area contributed by atoms with E-state index in [9.17, 15) is 18.0 Å². The maximum atomic E-state index is 12.6. The SMILES string of the molecule is CNc1ncccc1C(=O)NCCc1cccc(C(F)(F)F)c1. The average molecular weight is 323 g/mol. The van der Waals surface area contributed by atoms with Crippen LogP contribution in [0.4, 0.5) is 19.0 Å². The molecule has 7 heteroatoms. The Morgan fingerprint density at radius 3 is 2.70 bits per heavy atom. The van der Waals surface area contributed by atoms with Gasteiger partial charge in [-0.1, -0.05) is 18.2 Å². The van der Waals surface area contributed by atoms with Crippen LogP contribution >= 0.6 is 0 Å². The van der Waals surface area contributed by atoms with E-state index in [4.69, 9.17) is 0 Å². The predicted molar refractivity (Wildman–Crippen MR) is 81.3 cm³/mol. The summed E-state index contributed by atoms with van der Waals surface area (Å²) in [5, 5.41) is 5.49. The van der Waals surface area contributed by atoms with Crippen molar-refractivity contribution in [2.24, 2.45) is 0 Å². The van der Waals surface area contributed by atoms with Crippen LogP contribution < -0.4 is 10.6 Å². The van der Waals surface area contributed by atoms with Crippen LogP contribution in [0.25, 0.3) is 0 Å². The lowest BCUT2D eigenvalue weighted by atomic mass is 10.1. The van der Waals surface area contributed by atoms with Gasteiger partial charge in [0.1, 0.15) is 5.82 Å². The van der Waals surface area contributed by atoms with Crippen molar-refractivity contribution in [2.45, 2.75) is 12.6 Å². The zero-order chi connectivity index (χ0) is 16.9. The molecule has 0 aliphatic heterocycles. The molecule has 0 saturated heterocycles. The summed E-state index contributed by atoms with van der Waals surface area (Å²) in [6.45, 7) is 0.234. The van der Waals surface area contributed by atoms with E-state index in [1.165, 1.54) is 6.07 Å². The Morgan fingerprint density at radius 2 is 2.00 bits per heavy atom. The van der Waals surface area contributed by atoms with Crippen molar-refractivity contribution >= 4 is 11.7 Å². The monoisotopic (exact) mass is 323 g/mol. The smallest absolute Gasteiger partial charge is 0.372 e. The Labute approximate surface area is 131 Å². The Kier molecular flexibility index (Phi) is 5.20. The summed E-state index contributed by atoms with van der Waals surface area (Å²) >= 11 is 0. The van der Waals surface area contributed by atoms with Crippen LogP contribution in [-0.2, 0) is 12.6 Å². The number of anilines is 1. The topological polar surface area (TPSA) is 54.0 Å². The lowest BCUT2D eigenvalue weighted by Crippen LogP contribution is -2.26. The standard InChI is InChI=1S/C16H16F3N3O/c1-20-14-13(6-3-8-21-14)15(23)22-9-7-11-4-2-5-12(10-11)16(17,18)19/h2-6,8,10H,7,9H2,1H3,(H,20,21)(H,22,23). The number of alkyl halides is 3. The van der Waals surface area contributed by atoms with Crippen LogP contribution in [0.3, 0.4) is 0 Å². The number of amides is 1. The van der Waals surface area contributed by atoms with Gasteiger partial charge >= 0.3 is 6.18 Å². The summed E-state index contributed by atoms with van der Waals surface area (Å²) in [4.78, 5) is 16.1. The fourth-order valence-corrected chi connectivity index (χ4v) is 2.11. The Hall–Kier alpha value is -2.57. The number of halogens is 3. The van der Waals surface area contributed by atoms with E-state index in [1.807, 2.05) is 0 Å². The second kappa shape index (κ2) is 7.13. The number of pyridine rings is 1. The third kappa shape index (κ3) is 4.45. The number of nitrogens with zero attached hydrogens (tertiary/aromatic N) is 1. The first-order valence-electron chi connectivity index (χ1n) is 6.99. The maximum absolute atomic E-state index is 12.6. The molecule has 0 fully saturated rings. The number of benzene rings is 1. The maximum Gasteiger partial charge on any atom is 0.416 e. The van der Waals surface area contributed by atoms with Crippen molar-refractivity contribution in [2.75, 3.05) is 18.9 Å². The van der Waals surface area contributed by atoms with E-state index in [0.29, 0.717) is 23.4 Å². The molecular formula is C16H16F3N3O. The molecule has 4 nitrogen and oxygen atoms in total. The van der Waals surface area contributed by atoms with E-state index < -0.39 is 11.7 Å². The van der Waals surface area contributed by atoms with E-state index in [0.717, 1.165) is 12.1 Å². The van der Waals surface area contributed by atoms with Gasteiger partial charge in [0.2, 0.25) is 0 Å². The summed E-state index contributed by atoms with van der Waals surface area (Å²) in [6.07, 6.45) is -2.49. The molecule has 0 saturated carbocycles. The molecule has 2 aromatic rings. The molecule has 23 heavy (non-hydrogen) atoms. The Balaban J connectivity index is 1.96. The van der Waals surface area contributed by atoms with Crippen molar-refractivity contribution in [3.63, 3.8) is 0 Å². The molecule has 0 aliphatic rings. The van der Waals surface area contributed by atoms with E-state index in [1.54, 1.807) is 31.4 Å². The van der Waals surface area contributed by atoms with Crippen LogP contribution in [0.1, 0.15) is 21.5 Å². The largest absolute Gasteiger partial charge is 0.416 e. The van der Waals surface area contributed by atoms with Gasteiger partial charge in [0, 0.05) is 19.8 Å². The highest BCUT2D eigenvalue weighted by Gasteiger charge is 2.30. The lowest BCUT2D eigenvalue weighted by Gasteiger charge is -2.10. The number of carbonyl (C=O) groups is 1. The van der Waals surface area contributed by atoms with Gasteiger partial charge in [-0.05, 0) is 30.2 Å². The van der Waals surface area contributed by atoms with Gasteiger partial charge in [0.25, 0.3) is 5.91 Å². The fraction of sp³-hybridized carbons (Fsp3) is 0.250. The first-order valence-corrected chi connectivity index (χ1v) is 6.99. The summed E-state index contributed by atoms with van der Waals surface area (Å²) in [5.41, 5.74) is 0.213. The van der Waals surface area contributed by atoms with Crippen molar-refractivity contribution in [1.82, 2.24) is 10.3 Å². The van der Waals surface area contributed by atoms with Crippen molar-refractivity contribution in [1.29, 1.82) is 0 Å². The fourth-order valence-electron chi connectivity index (χ4n) is 2.11. The summed E-state index contributed by atoms with van der Waals surface area (Å²) < 4.78 is 37.9. The van der Waals surface area contributed by atoms with E-state index >= 15 is 0 Å². The van der Waals surface area contributed by atoms with E-state index in [2.05, 4.69) is 15.6 Å². The zero-order valence-corrected chi connectivity index (χ0v) is 12.4. The number of carbonyl (C=O) groups excluding carboxylic acids is 1. The minimum Gasteiger partial charge on any atom is -0.372 e.